The Kier molecular flexibility index (Phi) is 2.37. The maximum absolute atomic E-state index is 4.72. The third-order valence-corrected chi connectivity index (χ3v) is 5.23. The molecule has 0 N–H and O–H groups in total. The van der Waals surface area contributed by atoms with Gasteiger partial charge in [-0.05, 0) is 27.6 Å². The first-order valence-corrected chi connectivity index (χ1v) is 8.50. The van der Waals surface area contributed by atoms with E-state index in [1.807, 2.05) is 6.20 Å². The van der Waals surface area contributed by atoms with Crippen LogP contribution in [0.15, 0.2) is 85.2 Å². The zero-order valence-corrected chi connectivity index (χ0v) is 13.5. The Morgan fingerprint density at radius 3 is 1.84 bits per heavy atom. The Bertz CT molecular complexity index is 1430. The van der Waals surface area contributed by atoms with Crippen molar-refractivity contribution >= 4 is 48.9 Å². The molecule has 25 heavy (non-hydrogen) atoms. The summed E-state index contributed by atoms with van der Waals surface area (Å²) < 4.78 is 2.21. The second-order valence-electron chi connectivity index (χ2n) is 6.48. The van der Waals surface area contributed by atoms with Gasteiger partial charge in [0.15, 0.2) is 0 Å². The van der Waals surface area contributed by atoms with E-state index in [2.05, 4.69) is 83.4 Å². The molecular formula is C23H14N2. The molecule has 0 amide bonds. The van der Waals surface area contributed by atoms with Gasteiger partial charge in [0.25, 0.3) is 0 Å². The van der Waals surface area contributed by atoms with Gasteiger partial charge >= 0.3 is 0 Å². The van der Waals surface area contributed by atoms with Crippen LogP contribution in [0.2, 0.25) is 0 Å². The third kappa shape index (κ3) is 1.56. The molecule has 2 heteroatoms. The number of pyridine rings is 1. The predicted octanol–water partition coefficient (Wildman–Crippen LogP) is 5.95. The maximum Gasteiger partial charge on any atom is 0.145 e. The smallest absolute Gasteiger partial charge is 0.145 e. The molecular weight excluding hydrogens is 304 g/mol. The molecule has 0 saturated heterocycles. The van der Waals surface area contributed by atoms with E-state index in [0.29, 0.717) is 0 Å². The molecule has 0 aliphatic heterocycles. The van der Waals surface area contributed by atoms with Crippen molar-refractivity contribution in [1.29, 1.82) is 0 Å². The van der Waals surface area contributed by atoms with Crippen molar-refractivity contribution in [3.05, 3.63) is 85.2 Å². The fourth-order valence-corrected chi connectivity index (χ4v) is 4.23. The van der Waals surface area contributed by atoms with Gasteiger partial charge in [0, 0.05) is 28.6 Å². The summed E-state index contributed by atoms with van der Waals surface area (Å²) >= 11 is 0. The molecule has 0 aliphatic carbocycles. The van der Waals surface area contributed by atoms with Crippen molar-refractivity contribution in [2.24, 2.45) is 0 Å². The normalized spacial score (nSPS) is 12.0. The summed E-state index contributed by atoms with van der Waals surface area (Å²) in [5, 5.41) is 8.93. The lowest BCUT2D eigenvalue weighted by atomic mass is 9.93. The lowest BCUT2D eigenvalue weighted by Crippen LogP contribution is -1.92. The molecule has 2 heterocycles. The molecule has 116 valence electrons. The highest BCUT2D eigenvalue weighted by molar-refractivity contribution is 6.34. The monoisotopic (exact) mass is 318 g/mol. The van der Waals surface area contributed by atoms with Gasteiger partial charge < -0.3 is 0 Å². The van der Waals surface area contributed by atoms with E-state index in [1.54, 1.807) is 0 Å². The molecule has 4 aromatic carbocycles. The SMILES string of the molecule is c1ccc2c(c1)c1ccccc1c1c2c2ccccc2n2ccnc12. The van der Waals surface area contributed by atoms with E-state index in [1.165, 1.54) is 43.2 Å². The van der Waals surface area contributed by atoms with E-state index in [0.717, 1.165) is 5.65 Å². The molecule has 0 bridgehead atoms. The number of hydrogen-bond donors (Lipinski definition) is 0. The first kappa shape index (κ1) is 13.0. The highest BCUT2D eigenvalue weighted by Crippen LogP contribution is 2.40. The van der Waals surface area contributed by atoms with Gasteiger partial charge in [0.1, 0.15) is 5.65 Å². The van der Waals surface area contributed by atoms with E-state index in [4.69, 9.17) is 4.98 Å². The van der Waals surface area contributed by atoms with Gasteiger partial charge in [-0.2, -0.15) is 0 Å². The Morgan fingerprint density at radius 2 is 1.12 bits per heavy atom. The van der Waals surface area contributed by atoms with E-state index < -0.39 is 0 Å². The largest absolute Gasteiger partial charge is 0.299 e. The van der Waals surface area contributed by atoms with Gasteiger partial charge in [-0.3, -0.25) is 4.40 Å². The van der Waals surface area contributed by atoms with Crippen molar-refractivity contribution in [3.8, 4) is 0 Å². The van der Waals surface area contributed by atoms with Crippen LogP contribution in [0.1, 0.15) is 0 Å². The topological polar surface area (TPSA) is 17.3 Å². The van der Waals surface area contributed by atoms with Gasteiger partial charge in [0.2, 0.25) is 0 Å². The molecule has 0 atom stereocenters. The molecule has 6 aromatic rings. The predicted molar refractivity (Wildman–Crippen MR) is 105 cm³/mol. The van der Waals surface area contributed by atoms with Gasteiger partial charge in [-0.15, -0.1) is 0 Å². The van der Waals surface area contributed by atoms with Crippen molar-refractivity contribution in [1.82, 2.24) is 9.38 Å². The first-order valence-electron chi connectivity index (χ1n) is 8.50. The number of benzene rings is 4. The number of nitrogens with zero attached hydrogens (tertiary/aromatic N) is 2. The van der Waals surface area contributed by atoms with E-state index >= 15 is 0 Å². The van der Waals surface area contributed by atoms with Crippen molar-refractivity contribution in [2.45, 2.75) is 0 Å². The fraction of sp³-hybridized carbons (Fsp3) is 0. The second kappa shape index (κ2) is 4.58. The van der Waals surface area contributed by atoms with Crippen LogP contribution in [0.4, 0.5) is 0 Å². The highest BCUT2D eigenvalue weighted by Gasteiger charge is 2.15. The zero-order chi connectivity index (χ0) is 16.4. The van der Waals surface area contributed by atoms with Gasteiger partial charge in [-0.1, -0.05) is 66.7 Å². The second-order valence-corrected chi connectivity index (χ2v) is 6.48. The number of imidazole rings is 1. The lowest BCUT2D eigenvalue weighted by molar-refractivity contribution is 1.27. The fourth-order valence-electron chi connectivity index (χ4n) is 4.23. The quantitative estimate of drug-likeness (QED) is 0.316. The molecule has 0 unspecified atom stereocenters. The van der Waals surface area contributed by atoms with Crippen LogP contribution in [-0.4, -0.2) is 9.38 Å². The molecule has 0 fully saturated rings. The molecule has 0 spiro atoms. The van der Waals surface area contributed by atoms with Crippen LogP contribution in [0.5, 0.6) is 0 Å². The summed E-state index contributed by atoms with van der Waals surface area (Å²) in [7, 11) is 0. The standard InChI is InChI=1S/C23H14N2/c1-3-9-17-15(7-1)16-8-2-4-10-18(16)22-21(17)19-11-5-6-12-20(19)25-14-13-24-23(22)25/h1-14H. The molecule has 6 rings (SSSR count). The summed E-state index contributed by atoms with van der Waals surface area (Å²) in [5.41, 5.74) is 2.22. The van der Waals surface area contributed by atoms with Crippen LogP contribution < -0.4 is 0 Å². The maximum atomic E-state index is 4.72. The molecule has 0 aliphatic rings. The number of aromatic nitrogens is 2. The lowest BCUT2D eigenvalue weighted by Gasteiger charge is -2.14. The van der Waals surface area contributed by atoms with E-state index in [9.17, 15) is 0 Å². The summed E-state index contributed by atoms with van der Waals surface area (Å²) in [6.45, 7) is 0. The summed E-state index contributed by atoms with van der Waals surface area (Å²) in [4.78, 5) is 4.72. The van der Waals surface area contributed by atoms with Crippen LogP contribution in [0, 0.1) is 0 Å². The van der Waals surface area contributed by atoms with Crippen molar-refractivity contribution < 1.29 is 0 Å². The van der Waals surface area contributed by atoms with Crippen LogP contribution in [0.25, 0.3) is 48.9 Å². The number of para-hydroxylation sites is 1. The average molecular weight is 318 g/mol. The molecule has 0 saturated carbocycles. The average Bonchev–Trinajstić information content (AvgIpc) is 3.17. The summed E-state index contributed by atoms with van der Waals surface area (Å²) in [6, 6.07) is 26.0. The minimum Gasteiger partial charge on any atom is -0.299 e. The highest BCUT2D eigenvalue weighted by atomic mass is 15.0. The van der Waals surface area contributed by atoms with Crippen molar-refractivity contribution in [3.63, 3.8) is 0 Å². The Labute approximate surface area is 143 Å². The Balaban J connectivity index is 2.15. The Morgan fingerprint density at radius 1 is 0.560 bits per heavy atom. The Hall–Kier alpha value is -3.39. The van der Waals surface area contributed by atoms with Crippen molar-refractivity contribution in [2.75, 3.05) is 0 Å². The van der Waals surface area contributed by atoms with Crippen LogP contribution in [0.3, 0.4) is 0 Å². The molecule has 2 aromatic heterocycles. The third-order valence-electron chi connectivity index (χ3n) is 5.23. The van der Waals surface area contributed by atoms with E-state index in [-0.39, 0.29) is 0 Å². The summed E-state index contributed by atoms with van der Waals surface area (Å²) in [6.07, 6.45) is 3.95. The number of rotatable bonds is 0. The molecule has 2 nitrogen and oxygen atoms in total. The van der Waals surface area contributed by atoms with Gasteiger partial charge in [0.05, 0.1) is 5.52 Å². The van der Waals surface area contributed by atoms with Gasteiger partial charge in [-0.25, -0.2) is 4.98 Å². The number of hydrogen-bond acceptors (Lipinski definition) is 1. The minimum atomic E-state index is 1.02. The first-order chi connectivity index (χ1) is 12.4. The number of fused-ring (bicyclic) bond motifs is 11. The summed E-state index contributed by atoms with van der Waals surface area (Å²) in [5.74, 6) is 0. The zero-order valence-electron chi connectivity index (χ0n) is 13.5. The van der Waals surface area contributed by atoms with Crippen LogP contribution >= 0.6 is 0 Å². The van der Waals surface area contributed by atoms with Crippen LogP contribution in [-0.2, 0) is 0 Å². The molecule has 0 radical (unpaired) electrons. The minimum absolute atomic E-state index is 1.02.